The van der Waals surface area contributed by atoms with Crippen molar-refractivity contribution < 1.29 is 4.79 Å². The van der Waals surface area contributed by atoms with Gasteiger partial charge in [0.2, 0.25) is 0 Å². The number of aromatic nitrogens is 1. The smallest absolute Gasteiger partial charge is 0.253 e. The highest BCUT2D eigenvalue weighted by Crippen LogP contribution is 2.05. The van der Waals surface area contributed by atoms with Crippen molar-refractivity contribution in [3.8, 4) is 0 Å². The largest absolute Gasteiger partial charge is 0.398 e. The van der Waals surface area contributed by atoms with Gasteiger partial charge in [0.25, 0.3) is 5.56 Å². The van der Waals surface area contributed by atoms with E-state index in [1.165, 1.54) is 13.0 Å². The minimum absolute atomic E-state index is 0.196. The van der Waals surface area contributed by atoms with Crippen molar-refractivity contribution in [3.05, 3.63) is 27.7 Å². The van der Waals surface area contributed by atoms with E-state index in [1.54, 1.807) is 6.92 Å². The van der Waals surface area contributed by atoms with E-state index in [2.05, 4.69) is 4.98 Å². The van der Waals surface area contributed by atoms with E-state index in [9.17, 15) is 9.59 Å². The number of rotatable bonds is 1. The predicted molar refractivity (Wildman–Crippen MR) is 46.2 cm³/mol. The average molecular weight is 166 g/mol. The average Bonchev–Trinajstić information content (AvgIpc) is 1.99. The molecule has 0 bridgehead atoms. The number of ketones is 1. The molecule has 0 saturated carbocycles. The van der Waals surface area contributed by atoms with Crippen LogP contribution in [0.2, 0.25) is 0 Å². The number of nitrogens with two attached hydrogens (primary N) is 1. The fraction of sp³-hybridized carbons (Fsp3) is 0.250. The molecule has 1 aromatic heterocycles. The Morgan fingerprint density at radius 3 is 2.58 bits per heavy atom. The third kappa shape index (κ3) is 1.37. The van der Waals surface area contributed by atoms with E-state index in [-0.39, 0.29) is 17.0 Å². The third-order valence-electron chi connectivity index (χ3n) is 1.70. The van der Waals surface area contributed by atoms with Crippen LogP contribution >= 0.6 is 0 Å². The summed E-state index contributed by atoms with van der Waals surface area (Å²) in [7, 11) is 0. The zero-order valence-electron chi connectivity index (χ0n) is 6.97. The van der Waals surface area contributed by atoms with E-state index in [0.29, 0.717) is 11.3 Å². The van der Waals surface area contributed by atoms with Crippen LogP contribution in [0.1, 0.15) is 23.0 Å². The number of nitrogen functional groups attached to an aromatic ring is 1. The number of pyridine rings is 1. The molecule has 1 aromatic rings. The van der Waals surface area contributed by atoms with E-state index in [1.807, 2.05) is 0 Å². The summed E-state index contributed by atoms with van der Waals surface area (Å²) < 4.78 is 0. The van der Waals surface area contributed by atoms with Gasteiger partial charge in [-0.1, -0.05) is 0 Å². The quantitative estimate of drug-likeness (QED) is 0.595. The van der Waals surface area contributed by atoms with Crippen molar-refractivity contribution in [3.63, 3.8) is 0 Å². The van der Waals surface area contributed by atoms with Gasteiger partial charge in [-0.05, 0) is 13.0 Å². The highest BCUT2D eigenvalue weighted by atomic mass is 16.1. The first-order valence-corrected chi connectivity index (χ1v) is 3.52. The lowest BCUT2D eigenvalue weighted by Crippen LogP contribution is -2.16. The molecule has 0 spiro atoms. The monoisotopic (exact) mass is 166 g/mol. The van der Waals surface area contributed by atoms with Gasteiger partial charge in [0.15, 0.2) is 5.78 Å². The molecule has 0 unspecified atom stereocenters. The summed E-state index contributed by atoms with van der Waals surface area (Å²) in [5.74, 6) is -0.196. The van der Waals surface area contributed by atoms with Crippen LogP contribution < -0.4 is 11.3 Å². The molecule has 1 rings (SSSR count). The Morgan fingerprint density at radius 2 is 2.17 bits per heavy atom. The number of aromatic amines is 1. The van der Waals surface area contributed by atoms with E-state index < -0.39 is 0 Å². The normalized spacial score (nSPS) is 9.83. The van der Waals surface area contributed by atoms with Gasteiger partial charge < -0.3 is 10.7 Å². The molecule has 0 amide bonds. The molecule has 64 valence electrons. The van der Waals surface area contributed by atoms with Gasteiger partial charge in [0.1, 0.15) is 0 Å². The highest BCUT2D eigenvalue weighted by Gasteiger charge is 2.04. The number of H-pyrrole nitrogens is 1. The maximum atomic E-state index is 11.1. The Hall–Kier alpha value is -1.58. The first-order valence-electron chi connectivity index (χ1n) is 3.52. The number of carbonyl (C=O) groups is 1. The van der Waals surface area contributed by atoms with E-state index in [0.717, 1.165) is 0 Å². The lowest BCUT2D eigenvalue weighted by Gasteiger charge is -2.00. The van der Waals surface area contributed by atoms with Crippen molar-refractivity contribution in [2.75, 3.05) is 5.73 Å². The molecule has 12 heavy (non-hydrogen) atoms. The molecule has 0 aliphatic carbocycles. The standard InChI is InChI=1S/C8H10N2O2/c1-4-6(9)3-7(5(2)11)10-8(4)12/h3H,1-2H3,(H3,9,10,12). The molecule has 1 heterocycles. The molecule has 0 aliphatic heterocycles. The molecule has 4 heteroatoms. The maximum absolute atomic E-state index is 11.1. The van der Waals surface area contributed by atoms with Gasteiger partial charge in [-0.15, -0.1) is 0 Å². The van der Waals surface area contributed by atoms with Crippen LogP contribution in [0.5, 0.6) is 0 Å². The Bertz CT molecular complexity index is 379. The molecule has 3 N–H and O–H groups in total. The van der Waals surface area contributed by atoms with Crippen LogP contribution in [-0.4, -0.2) is 10.8 Å². The number of anilines is 1. The second-order valence-corrected chi connectivity index (χ2v) is 2.65. The SMILES string of the molecule is CC(=O)c1cc(N)c(C)c(=O)[nH]1. The van der Waals surface area contributed by atoms with Crippen molar-refractivity contribution in [1.29, 1.82) is 0 Å². The lowest BCUT2D eigenvalue weighted by atomic mass is 10.2. The summed E-state index contributed by atoms with van der Waals surface area (Å²) in [5, 5.41) is 0. The number of Topliss-reactive ketones (excluding diaryl/α,β-unsaturated/α-hetero) is 1. The number of nitrogens with one attached hydrogen (secondary N) is 1. The molecular formula is C8H10N2O2. The maximum Gasteiger partial charge on any atom is 0.253 e. The van der Waals surface area contributed by atoms with Gasteiger partial charge in [0.05, 0.1) is 5.69 Å². The minimum atomic E-state index is -0.305. The molecule has 0 radical (unpaired) electrons. The molecule has 0 aliphatic rings. The predicted octanol–water partition coefficient (Wildman–Crippen LogP) is 0.468. The Kier molecular flexibility index (Phi) is 1.99. The zero-order chi connectivity index (χ0) is 9.30. The molecule has 0 saturated heterocycles. The van der Waals surface area contributed by atoms with Gasteiger partial charge in [0, 0.05) is 18.2 Å². The van der Waals surface area contributed by atoms with E-state index in [4.69, 9.17) is 5.73 Å². The Labute approximate surface area is 69.4 Å². The van der Waals surface area contributed by atoms with Crippen LogP contribution in [0, 0.1) is 6.92 Å². The first-order chi connectivity index (χ1) is 5.52. The fourth-order valence-electron chi connectivity index (χ4n) is 0.837. The Balaban J connectivity index is 3.41. The second-order valence-electron chi connectivity index (χ2n) is 2.65. The zero-order valence-corrected chi connectivity index (χ0v) is 6.97. The van der Waals surface area contributed by atoms with Crippen LogP contribution in [-0.2, 0) is 0 Å². The summed E-state index contributed by atoms with van der Waals surface area (Å²) in [6, 6.07) is 1.47. The van der Waals surface area contributed by atoms with E-state index >= 15 is 0 Å². The van der Waals surface area contributed by atoms with Crippen molar-refractivity contribution in [2.24, 2.45) is 0 Å². The van der Waals surface area contributed by atoms with Crippen LogP contribution in [0.3, 0.4) is 0 Å². The molecule has 0 atom stereocenters. The highest BCUT2D eigenvalue weighted by molar-refractivity contribution is 5.92. The number of hydrogen-bond donors (Lipinski definition) is 2. The van der Waals surface area contributed by atoms with Crippen molar-refractivity contribution >= 4 is 11.5 Å². The van der Waals surface area contributed by atoms with Crippen LogP contribution in [0.15, 0.2) is 10.9 Å². The minimum Gasteiger partial charge on any atom is -0.398 e. The van der Waals surface area contributed by atoms with Crippen molar-refractivity contribution in [2.45, 2.75) is 13.8 Å². The van der Waals surface area contributed by atoms with Crippen molar-refractivity contribution in [1.82, 2.24) is 4.98 Å². The van der Waals surface area contributed by atoms with Crippen LogP contribution in [0.4, 0.5) is 5.69 Å². The summed E-state index contributed by atoms with van der Waals surface area (Å²) in [5.41, 5.74) is 6.23. The van der Waals surface area contributed by atoms with Crippen LogP contribution in [0.25, 0.3) is 0 Å². The Morgan fingerprint density at radius 1 is 1.58 bits per heavy atom. The summed E-state index contributed by atoms with van der Waals surface area (Å²) in [6.07, 6.45) is 0. The van der Waals surface area contributed by atoms with Gasteiger partial charge in [-0.25, -0.2) is 0 Å². The number of carbonyl (C=O) groups excluding carboxylic acids is 1. The van der Waals surface area contributed by atoms with Gasteiger partial charge >= 0.3 is 0 Å². The molecular weight excluding hydrogens is 156 g/mol. The second kappa shape index (κ2) is 2.81. The molecule has 4 nitrogen and oxygen atoms in total. The summed E-state index contributed by atoms with van der Waals surface area (Å²) >= 11 is 0. The molecule has 0 aromatic carbocycles. The van der Waals surface area contributed by atoms with Gasteiger partial charge in [-0.3, -0.25) is 9.59 Å². The lowest BCUT2D eigenvalue weighted by molar-refractivity contribution is 0.101. The number of hydrogen-bond acceptors (Lipinski definition) is 3. The third-order valence-corrected chi connectivity index (χ3v) is 1.70. The van der Waals surface area contributed by atoms with Gasteiger partial charge in [-0.2, -0.15) is 0 Å². The topological polar surface area (TPSA) is 76.0 Å². The molecule has 0 fully saturated rings. The fourth-order valence-corrected chi connectivity index (χ4v) is 0.837. The first kappa shape index (κ1) is 8.52. The summed E-state index contributed by atoms with van der Waals surface area (Å²) in [6.45, 7) is 2.98. The summed E-state index contributed by atoms with van der Waals surface area (Å²) in [4.78, 5) is 24.3.